The Morgan fingerprint density at radius 3 is 2.47 bits per heavy atom. The van der Waals surface area contributed by atoms with Gasteiger partial charge in [-0.15, -0.1) is 0 Å². The molecule has 51 heavy (non-hydrogen) atoms. The number of nitrogens with zero attached hydrogens (tertiary/aromatic N) is 2. The van der Waals surface area contributed by atoms with Crippen molar-refractivity contribution in [2.24, 2.45) is 0 Å². The molecule has 0 radical (unpaired) electrons. The Morgan fingerprint density at radius 2 is 1.76 bits per heavy atom. The number of benzene rings is 2. The second kappa shape index (κ2) is 18.1. The van der Waals surface area contributed by atoms with Crippen molar-refractivity contribution in [2.45, 2.75) is 107 Å². The van der Waals surface area contributed by atoms with Crippen LogP contribution in [-0.4, -0.2) is 103 Å². The van der Waals surface area contributed by atoms with Gasteiger partial charge in [0.15, 0.2) is 0 Å². The zero-order chi connectivity index (χ0) is 36.5. The minimum absolute atomic E-state index is 0.130. The highest BCUT2D eigenvalue weighted by atomic mass is 35.5. The molecule has 11 nitrogen and oxygen atoms in total. The van der Waals surface area contributed by atoms with E-state index in [9.17, 15) is 30.3 Å². The molecule has 12 heteroatoms. The number of rotatable bonds is 21. The van der Waals surface area contributed by atoms with Gasteiger partial charge < -0.3 is 45.6 Å². The SMILES string of the molecule is CC(CCCC(=O)N(CCCO)CC(O)C(O)C(O)C(O)CO)c1ccc(Cl)c(CNC2(c3cnccc3-c3ccccc3OC3CC3)CC2)c1. The Bertz CT molecular complexity index is 1590. The molecule has 7 N–H and O–H groups in total. The van der Waals surface area contributed by atoms with Crippen LogP contribution >= 0.6 is 11.6 Å². The molecular formula is C39H52ClN3O8. The first kappa shape index (κ1) is 39.1. The smallest absolute Gasteiger partial charge is 0.222 e. The molecule has 0 bridgehead atoms. The number of hydrogen-bond acceptors (Lipinski definition) is 10. The Hall–Kier alpha value is -3.13. The minimum atomic E-state index is -1.78. The van der Waals surface area contributed by atoms with Crippen molar-refractivity contribution in [2.75, 3.05) is 26.3 Å². The first-order chi connectivity index (χ1) is 24.6. The first-order valence-electron chi connectivity index (χ1n) is 18.0. The van der Waals surface area contributed by atoms with E-state index >= 15 is 0 Å². The summed E-state index contributed by atoms with van der Waals surface area (Å²) in [6, 6.07) is 16.3. The lowest BCUT2D eigenvalue weighted by Gasteiger charge is -2.30. The highest BCUT2D eigenvalue weighted by molar-refractivity contribution is 6.31. The van der Waals surface area contributed by atoms with E-state index in [1.54, 1.807) is 0 Å². The third-order valence-electron chi connectivity index (χ3n) is 10.0. The van der Waals surface area contributed by atoms with Gasteiger partial charge in [-0.05, 0) is 91.3 Å². The molecule has 1 aromatic heterocycles. The molecule has 0 saturated heterocycles. The predicted octanol–water partition coefficient (Wildman–Crippen LogP) is 3.64. The lowest BCUT2D eigenvalue weighted by atomic mass is 9.93. The standard InChI is InChI=1S/C39H52ClN3O8/c1-25(6-4-9-36(48)43(18-5-19-44)23-33(46)37(49)38(50)34(47)24-45)26-10-13-32(40)27(20-26)21-42-39(15-16-39)31-22-41-17-14-29(31)30-7-2-3-8-35(30)51-28-11-12-28/h2-3,7-8,10,13-14,17,20,22,25,28,33-34,37-38,42,44-47,49-50H,4-6,9,11-12,15-16,18-19,21,23-24H2,1H3. The number of ether oxygens (including phenoxy) is 1. The van der Waals surface area contributed by atoms with Gasteiger partial charge in [-0.1, -0.05) is 48.9 Å². The van der Waals surface area contributed by atoms with Crippen molar-refractivity contribution in [1.82, 2.24) is 15.2 Å². The van der Waals surface area contributed by atoms with Crippen LogP contribution in [0, 0.1) is 0 Å². The van der Waals surface area contributed by atoms with Crippen LogP contribution in [0.5, 0.6) is 5.75 Å². The summed E-state index contributed by atoms with van der Waals surface area (Å²) in [7, 11) is 0. The number of para-hydroxylation sites is 1. The molecule has 278 valence electrons. The van der Waals surface area contributed by atoms with Gasteiger partial charge in [0, 0.05) is 61.2 Å². The van der Waals surface area contributed by atoms with Crippen LogP contribution < -0.4 is 10.1 Å². The molecule has 2 fully saturated rings. The van der Waals surface area contributed by atoms with Crippen LogP contribution in [0.3, 0.4) is 0 Å². The largest absolute Gasteiger partial charge is 0.490 e. The Kier molecular flexibility index (Phi) is 13.9. The van der Waals surface area contributed by atoms with Crippen LogP contribution in [-0.2, 0) is 16.9 Å². The first-order valence-corrected chi connectivity index (χ1v) is 18.4. The number of aliphatic hydroxyl groups is 6. The number of carbonyl (C=O) groups is 1. The van der Waals surface area contributed by atoms with Gasteiger partial charge >= 0.3 is 0 Å². The zero-order valence-electron chi connectivity index (χ0n) is 29.2. The molecule has 2 saturated carbocycles. The summed E-state index contributed by atoms with van der Waals surface area (Å²) >= 11 is 6.71. The van der Waals surface area contributed by atoms with E-state index in [2.05, 4.69) is 35.4 Å². The summed E-state index contributed by atoms with van der Waals surface area (Å²) in [5, 5.41) is 63.1. The molecule has 5 rings (SSSR count). The normalized spacial score (nSPS) is 18.0. The second-order valence-electron chi connectivity index (χ2n) is 14.0. The fourth-order valence-corrected chi connectivity index (χ4v) is 6.68. The summed E-state index contributed by atoms with van der Waals surface area (Å²) in [6.45, 7) is 1.59. The highest BCUT2D eigenvalue weighted by Gasteiger charge is 2.46. The number of nitrogens with one attached hydrogen (secondary N) is 1. The molecule has 1 heterocycles. The number of pyridine rings is 1. The van der Waals surface area contributed by atoms with Gasteiger partial charge in [-0.25, -0.2) is 0 Å². The number of hydrogen-bond donors (Lipinski definition) is 7. The molecule has 2 aliphatic carbocycles. The Balaban J connectivity index is 1.18. The summed E-state index contributed by atoms with van der Waals surface area (Å²) in [6.07, 6.45) is 3.24. The summed E-state index contributed by atoms with van der Waals surface area (Å²) < 4.78 is 6.26. The molecule has 2 aliphatic rings. The Labute approximate surface area is 304 Å². The third-order valence-corrected chi connectivity index (χ3v) is 10.4. The van der Waals surface area contributed by atoms with Crippen molar-refractivity contribution in [3.63, 3.8) is 0 Å². The molecular weight excluding hydrogens is 674 g/mol. The quantitative estimate of drug-likeness (QED) is 0.0859. The topological polar surface area (TPSA) is 176 Å². The fraction of sp³-hybridized carbons (Fsp3) is 0.538. The molecule has 2 aromatic carbocycles. The summed E-state index contributed by atoms with van der Waals surface area (Å²) in [4.78, 5) is 19.0. The minimum Gasteiger partial charge on any atom is -0.490 e. The van der Waals surface area contributed by atoms with Crippen molar-refractivity contribution >= 4 is 17.5 Å². The van der Waals surface area contributed by atoms with Crippen molar-refractivity contribution in [1.29, 1.82) is 0 Å². The van der Waals surface area contributed by atoms with E-state index in [0.717, 1.165) is 59.3 Å². The van der Waals surface area contributed by atoms with E-state index < -0.39 is 31.0 Å². The van der Waals surface area contributed by atoms with E-state index in [0.29, 0.717) is 30.5 Å². The van der Waals surface area contributed by atoms with E-state index in [-0.39, 0.29) is 49.9 Å². The van der Waals surface area contributed by atoms with Crippen LogP contribution in [0.15, 0.2) is 60.9 Å². The van der Waals surface area contributed by atoms with Gasteiger partial charge in [0.25, 0.3) is 0 Å². The maximum atomic E-state index is 13.1. The third kappa shape index (κ3) is 10.3. The number of halogens is 1. The van der Waals surface area contributed by atoms with E-state index in [1.807, 2.05) is 42.7 Å². The highest BCUT2D eigenvalue weighted by Crippen LogP contribution is 2.50. The lowest BCUT2D eigenvalue weighted by molar-refractivity contribution is -0.140. The van der Waals surface area contributed by atoms with Gasteiger partial charge in [0.2, 0.25) is 5.91 Å². The average molecular weight is 726 g/mol. The molecule has 5 unspecified atom stereocenters. The number of aromatic nitrogens is 1. The molecule has 0 aliphatic heterocycles. The summed E-state index contributed by atoms with van der Waals surface area (Å²) in [5.74, 6) is 0.773. The van der Waals surface area contributed by atoms with Crippen molar-refractivity contribution in [3.8, 4) is 16.9 Å². The fourth-order valence-electron chi connectivity index (χ4n) is 6.50. The van der Waals surface area contributed by atoms with E-state index in [1.165, 1.54) is 4.90 Å². The Morgan fingerprint density at radius 1 is 1.02 bits per heavy atom. The van der Waals surface area contributed by atoms with Crippen LogP contribution in [0.2, 0.25) is 5.02 Å². The van der Waals surface area contributed by atoms with Crippen molar-refractivity contribution in [3.05, 3.63) is 82.6 Å². The van der Waals surface area contributed by atoms with Crippen molar-refractivity contribution < 1.29 is 40.2 Å². The molecule has 3 aromatic rings. The van der Waals surface area contributed by atoms with Crippen LogP contribution in [0.25, 0.3) is 11.1 Å². The molecule has 5 atom stereocenters. The maximum Gasteiger partial charge on any atom is 0.222 e. The number of carbonyl (C=O) groups excluding carboxylic acids is 1. The van der Waals surface area contributed by atoms with Gasteiger partial charge in [0.05, 0.1) is 12.7 Å². The molecule has 0 spiro atoms. The van der Waals surface area contributed by atoms with Crippen LogP contribution in [0.1, 0.15) is 80.9 Å². The molecule has 1 amide bonds. The monoisotopic (exact) mass is 725 g/mol. The average Bonchev–Trinajstić information content (AvgIpc) is 4.09. The van der Waals surface area contributed by atoms with Gasteiger partial charge in [0.1, 0.15) is 30.2 Å². The maximum absolute atomic E-state index is 13.1. The summed E-state index contributed by atoms with van der Waals surface area (Å²) in [5.41, 5.74) is 5.22. The lowest BCUT2D eigenvalue weighted by Crippen LogP contribution is -2.50. The van der Waals surface area contributed by atoms with Gasteiger partial charge in [-0.3, -0.25) is 9.78 Å². The van der Waals surface area contributed by atoms with E-state index in [4.69, 9.17) is 21.4 Å². The number of amides is 1. The van der Waals surface area contributed by atoms with Crippen LogP contribution in [0.4, 0.5) is 0 Å². The second-order valence-corrected chi connectivity index (χ2v) is 14.4. The predicted molar refractivity (Wildman–Crippen MR) is 194 cm³/mol. The number of aliphatic hydroxyl groups excluding tert-OH is 6. The zero-order valence-corrected chi connectivity index (χ0v) is 30.0. The van der Waals surface area contributed by atoms with Gasteiger partial charge in [-0.2, -0.15) is 0 Å².